The van der Waals surface area contributed by atoms with Crippen molar-refractivity contribution in [1.29, 1.82) is 0 Å². The van der Waals surface area contributed by atoms with Gasteiger partial charge in [-0.2, -0.15) is 0 Å². The average molecular weight is 404 g/mol. The highest BCUT2D eigenvalue weighted by Crippen LogP contribution is 2.36. The Balaban J connectivity index is 1.87. The number of methoxy groups -OCH3 is 1. The molecule has 0 radical (unpaired) electrons. The summed E-state index contributed by atoms with van der Waals surface area (Å²) in [6.07, 6.45) is 0. The standard InChI is InChI=1S/C17H16N4O4S2/c1-8-14(27-17(18-8)19-9(2)22)12-7-26-16(21-12)20-11-6-10(15(23)24)4-5-13(11)25-3/h4-7H,1-3H3,(H,20,21)(H,23,24)(H,18,19,22). The summed E-state index contributed by atoms with van der Waals surface area (Å²) in [7, 11) is 1.51. The Hall–Kier alpha value is -2.98. The number of aromatic nitrogens is 2. The number of carbonyl (C=O) groups excluding carboxylic acids is 1. The molecule has 0 atom stereocenters. The van der Waals surface area contributed by atoms with E-state index in [9.17, 15) is 9.59 Å². The lowest BCUT2D eigenvalue weighted by atomic mass is 10.2. The Labute approximate surface area is 162 Å². The molecule has 27 heavy (non-hydrogen) atoms. The lowest BCUT2D eigenvalue weighted by molar-refractivity contribution is -0.114. The summed E-state index contributed by atoms with van der Waals surface area (Å²) in [5.74, 6) is -0.689. The summed E-state index contributed by atoms with van der Waals surface area (Å²) in [5.41, 5.74) is 2.15. The maximum atomic E-state index is 11.2. The smallest absolute Gasteiger partial charge is 0.335 e. The van der Waals surface area contributed by atoms with Crippen molar-refractivity contribution in [3.8, 4) is 16.3 Å². The topological polar surface area (TPSA) is 113 Å². The maximum absolute atomic E-state index is 11.2. The molecule has 0 aliphatic rings. The van der Waals surface area contributed by atoms with Crippen molar-refractivity contribution in [2.24, 2.45) is 0 Å². The molecule has 3 rings (SSSR count). The third-order valence-corrected chi connectivity index (χ3v) is 5.36. The summed E-state index contributed by atoms with van der Waals surface area (Å²) in [5, 5.41) is 17.9. The van der Waals surface area contributed by atoms with Gasteiger partial charge in [0, 0.05) is 12.3 Å². The fraction of sp³-hybridized carbons (Fsp3) is 0.176. The summed E-state index contributed by atoms with van der Waals surface area (Å²) in [6.45, 7) is 3.28. The number of rotatable bonds is 6. The molecule has 0 spiro atoms. The zero-order valence-electron chi connectivity index (χ0n) is 14.7. The molecule has 2 heterocycles. The molecule has 1 amide bonds. The summed E-state index contributed by atoms with van der Waals surface area (Å²) < 4.78 is 5.28. The van der Waals surface area contributed by atoms with E-state index in [2.05, 4.69) is 20.6 Å². The molecular weight excluding hydrogens is 388 g/mol. The van der Waals surface area contributed by atoms with Crippen LogP contribution in [0.1, 0.15) is 23.0 Å². The van der Waals surface area contributed by atoms with Crippen molar-refractivity contribution in [3.63, 3.8) is 0 Å². The number of hydrogen-bond acceptors (Lipinski definition) is 8. The van der Waals surface area contributed by atoms with Crippen molar-refractivity contribution in [1.82, 2.24) is 9.97 Å². The number of ether oxygens (including phenoxy) is 1. The Morgan fingerprint density at radius 2 is 2.00 bits per heavy atom. The first-order valence-electron chi connectivity index (χ1n) is 7.76. The van der Waals surface area contributed by atoms with Gasteiger partial charge in [0.2, 0.25) is 5.91 Å². The van der Waals surface area contributed by atoms with Gasteiger partial charge in [0.05, 0.1) is 34.6 Å². The molecule has 0 saturated carbocycles. The molecule has 0 aliphatic heterocycles. The largest absolute Gasteiger partial charge is 0.495 e. The van der Waals surface area contributed by atoms with Crippen LogP contribution < -0.4 is 15.4 Å². The number of carboxylic acid groups (broad SMARTS) is 1. The van der Waals surface area contributed by atoms with Gasteiger partial charge in [-0.1, -0.05) is 11.3 Å². The average Bonchev–Trinajstić information content (AvgIpc) is 3.20. The monoisotopic (exact) mass is 404 g/mol. The van der Waals surface area contributed by atoms with Crippen LogP contribution in [0.15, 0.2) is 23.6 Å². The Morgan fingerprint density at radius 3 is 2.67 bits per heavy atom. The van der Waals surface area contributed by atoms with Crippen molar-refractivity contribution >= 4 is 50.5 Å². The van der Waals surface area contributed by atoms with Gasteiger partial charge in [-0.3, -0.25) is 4.79 Å². The van der Waals surface area contributed by atoms with Crippen LogP contribution in [0.3, 0.4) is 0 Å². The number of nitrogens with one attached hydrogen (secondary N) is 2. The van der Waals surface area contributed by atoms with Crippen LogP contribution in [0.2, 0.25) is 0 Å². The SMILES string of the molecule is COc1ccc(C(=O)O)cc1Nc1nc(-c2sc(NC(C)=O)nc2C)cs1. The molecule has 1 aromatic carbocycles. The van der Waals surface area contributed by atoms with Gasteiger partial charge in [0.1, 0.15) is 5.75 Å². The van der Waals surface area contributed by atoms with Gasteiger partial charge in [-0.05, 0) is 25.1 Å². The lowest BCUT2D eigenvalue weighted by Gasteiger charge is -2.09. The van der Waals surface area contributed by atoms with Crippen LogP contribution in [0, 0.1) is 6.92 Å². The van der Waals surface area contributed by atoms with Crippen molar-refractivity contribution in [2.45, 2.75) is 13.8 Å². The molecule has 3 N–H and O–H groups in total. The van der Waals surface area contributed by atoms with E-state index in [0.29, 0.717) is 21.7 Å². The molecule has 0 unspecified atom stereocenters. The van der Waals surface area contributed by atoms with Gasteiger partial charge < -0.3 is 20.5 Å². The van der Waals surface area contributed by atoms with Crippen LogP contribution in [0.5, 0.6) is 5.75 Å². The fourth-order valence-corrected chi connectivity index (χ4v) is 4.09. The number of aromatic carboxylic acids is 1. The van der Waals surface area contributed by atoms with Gasteiger partial charge in [-0.15, -0.1) is 11.3 Å². The summed E-state index contributed by atoms with van der Waals surface area (Å²) in [6, 6.07) is 4.56. The minimum atomic E-state index is -1.02. The number of aryl methyl sites for hydroxylation is 1. The molecule has 8 nitrogen and oxygen atoms in total. The molecule has 140 valence electrons. The Morgan fingerprint density at radius 1 is 1.22 bits per heavy atom. The number of benzene rings is 1. The first-order valence-corrected chi connectivity index (χ1v) is 9.46. The van der Waals surface area contributed by atoms with E-state index < -0.39 is 5.97 Å². The number of carboxylic acids is 1. The van der Waals surface area contributed by atoms with E-state index in [1.165, 1.54) is 48.8 Å². The number of amides is 1. The predicted octanol–water partition coefficient (Wildman–Crippen LogP) is 3.98. The van der Waals surface area contributed by atoms with Crippen molar-refractivity contribution in [3.05, 3.63) is 34.8 Å². The molecule has 0 bridgehead atoms. The third-order valence-electron chi connectivity index (χ3n) is 3.50. The molecular formula is C17H16N4O4S2. The van der Waals surface area contributed by atoms with Crippen LogP contribution >= 0.6 is 22.7 Å². The highest BCUT2D eigenvalue weighted by molar-refractivity contribution is 7.20. The van der Waals surface area contributed by atoms with E-state index in [1.807, 2.05) is 12.3 Å². The normalized spacial score (nSPS) is 10.5. The third kappa shape index (κ3) is 4.23. The van der Waals surface area contributed by atoms with E-state index in [1.54, 1.807) is 6.07 Å². The Bertz CT molecular complexity index is 1010. The lowest BCUT2D eigenvalue weighted by Crippen LogP contribution is -2.04. The predicted molar refractivity (Wildman–Crippen MR) is 105 cm³/mol. The van der Waals surface area contributed by atoms with E-state index in [-0.39, 0.29) is 11.5 Å². The van der Waals surface area contributed by atoms with Crippen molar-refractivity contribution in [2.75, 3.05) is 17.7 Å². The Kier molecular flexibility index (Phi) is 5.38. The second-order valence-electron chi connectivity index (χ2n) is 5.50. The van der Waals surface area contributed by atoms with Gasteiger partial charge in [0.15, 0.2) is 10.3 Å². The first kappa shape index (κ1) is 18.8. The van der Waals surface area contributed by atoms with Crippen LogP contribution in [0.4, 0.5) is 16.0 Å². The zero-order chi connectivity index (χ0) is 19.6. The molecule has 0 saturated heterocycles. The fourth-order valence-electron chi connectivity index (χ4n) is 2.33. The molecule has 0 aliphatic carbocycles. The first-order chi connectivity index (χ1) is 12.9. The number of hydrogen-bond donors (Lipinski definition) is 3. The van der Waals surface area contributed by atoms with Crippen LogP contribution in [-0.4, -0.2) is 34.1 Å². The van der Waals surface area contributed by atoms with E-state index >= 15 is 0 Å². The van der Waals surface area contributed by atoms with Gasteiger partial charge in [0.25, 0.3) is 0 Å². The molecule has 10 heteroatoms. The van der Waals surface area contributed by atoms with Gasteiger partial charge >= 0.3 is 5.97 Å². The highest BCUT2D eigenvalue weighted by atomic mass is 32.1. The molecule has 2 aromatic heterocycles. The van der Waals surface area contributed by atoms with Crippen molar-refractivity contribution < 1.29 is 19.4 Å². The van der Waals surface area contributed by atoms with Crippen LogP contribution in [0.25, 0.3) is 10.6 Å². The minimum absolute atomic E-state index is 0.147. The summed E-state index contributed by atoms with van der Waals surface area (Å²) in [4.78, 5) is 32.1. The van der Waals surface area contributed by atoms with Gasteiger partial charge in [-0.25, -0.2) is 14.8 Å². The highest BCUT2D eigenvalue weighted by Gasteiger charge is 2.15. The summed E-state index contributed by atoms with van der Waals surface area (Å²) >= 11 is 2.72. The minimum Gasteiger partial charge on any atom is -0.495 e. The second-order valence-corrected chi connectivity index (χ2v) is 7.36. The number of carbonyl (C=O) groups is 2. The number of anilines is 3. The number of nitrogens with zero attached hydrogens (tertiary/aromatic N) is 2. The molecule has 3 aromatic rings. The zero-order valence-corrected chi connectivity index (χ0v) is 16.3. The number of thiazole rings is 2. The quantitative estimate of drug-likeness (QED) is 0.569. The maximum Gasteiger partial charge on any atom is 0.335 e. The second kappa shape index (κ2) is 7.72. The molecule has 0 fully saturated rings. The van der Waals surface area contributed by atoms with E-state index in [4.69, 9.17) is 9.84 Å². The van der Waals surface area contributed by atoms with Crippen LogP contribution in [-0.2, 0) is 4.79 Å². The van der Waals surface area contributed by atoms with E-state index in [0.717, 1.165) is 16.3 Å².